The van der Waals surface area contributed by atoms with E-state index in [1.165, 1.54) is 51.4 Å². The summed E-state index contributed by atoms with van der Waals surface area (Å²) in [7, 11) is 2.01. The zero-order valence-corrected chi connectivity index (χ0v) is 30.9. The molecule has 8 fully saturated rings. The van der Waals surface area contributed by atoms with Crippen molar-refractivity contribution in [2.45, 2.75) is 149 Å². The van der Waals surface area contributed by atoms with E-state index in [-0.39, 0.29) is 52.8 Å². The standard InChI is InChI=1S/C40H64N2O6/c1-24-18-27(20-41(7)25(2)22-43)47-34-33(24)37(5)14-15-40-23-39(40)13-12-30(36(3,4)28(39)10-11-29(40)38(37,6)35(34)45)48-32-21-42(16-17-46-32)31(44)19-26-8-9-26/h22,24-30,32-35,45H,8-21,23H2,1-7H3/t24-,25?,27?,28+,29?,30?,32+,33+,34?,35+,37?,38-,39?,40?/m1/s1. The molecule has 0 radical (unpaired) electrons. The van der Waals surface area contributed by atoms with Crippen LogP contribution in [0.25, 0.3) is 0 Å². The molecular formula is C40H64N2O6. The van der Waals surface area contributed by atoms with Gasteiger partial charge < -0.3 is 29.0 Å². The van der Waals surface area contributed by atoms with Gasteiger partial charge in [-0.3, -0.25) is 9.69 Å². The van der Waals surface area contributed by atoms with Crippen molar-refractivity contribution >= 4 is 12.2 Å². The van der Waals surface area contributed by atoms with Gasteiger partial charge in [-0.15, -0.1) is 0 Å². The fraction of sp³-hybridized carbons (Fsp3) is 0.950. The fourth-order valence-electron chi connectivity index (χ4n) is 14.1. The molecule has 270 valence electrons. The molecule has 0 aromatic heterocycles. The van der Waals surface area contributed by atoms with Gasteiger partial charge >= 0.3 is 0 Å². The number of rotatable bonds is 8. The van der Waals surface area contributed by atoms with Gasteiger partial charge in [0, 0.05) is 24.9 Å². The Kier molecular flexibility index (Phi) is 8.14. The van der Waals surface area contributed by atoms with Crippen LogP contribution in [0.5, 0.6) is 0 Å². The van der Waals surface area contributed by atoms with E-state index in [0.29, 0.717) is 66.5 Å². The number of hydrogen-bond donors (Lipinski definition) is 1. The number of morpholine rings is 1. The first-order valence-electron chi connectivity index (χ1n) is 19.8. The van der Waals surface area contributed by atoms with Crippen LogP contribution in [0, 0.1) is 56.7 Å². The third kappa shape index (κ3) is 4.70. The number of hydrogen-bond acceptors (Lipinski definition) is 7. The molecule has 0 bridgehead atoms. The summed E-state index contributed by atoms with van der Waals surface area (Å²) in [6.45, 7) is 16.8. The second-order valence-corrected chi connectivity index (χ2v) is 19.4. The summed E-state index contributed by atoms with van der Waals surface area (Å²) in [5, 5.41) is 12.5. The molecule has 8 aliphatic rings. The molecule has 0 aromatic rings. The molecule has 14 atom stereocenters. The number of fused-ring (bicyclic) bond motifs is 4. The average Bonchev–Trinajstić information content (AvgIpc) is 3.97. The Labute approximate surface area is 289 Å². The van der Waals surface area contributed by atoms with Crippen LogP contribution in [0.15, 0.2) is 0 Å². The van der Waals surface area contributed by atoms with E-state index in [9.17, 15) is 14.7 Å². The van der Waals surface area contributed by atoms with Gasteiger partial charge in [0.25, 0.3) is 0 Å². The first-order valence-corrected chi connectivity index (χ1v) is 19.8. The van der Waals surface area contributed by atoms with Gasteiger partial charge in [0.2, 0.25) is 5.91 Å². The van der Waals surface area contributed by atoms with Crippen molar-refractivity contribution in [3.63, 3.8) is 0 Å². The molecule has 2 aliphatic heterocycles. The summed E-state index contributed by atoms with van der Waals surface area (Å²) in [6, 6.07) is -0.135. The number of aldehydes is 1. The SMILES string of the molecule is CC(C=O)N(C)CC1C[C@@H](C)[C@H]2C(O1)[C@H](O)[C@@]1(C)C3CC[C@H]4C(C)(C)C(O[C@H]5CN(C(=O)CC6CC6)CCO5)CCC45CC35CCC21C. The predicted octanol–water partition coefficient (Wildman–Crippen LogP) is 5.69. The van der Waals surface area contributed by atoms with Gasteiger partial charge in [0.1, 0.15) is 6.29 Å². The number of nitrogens with zero attached hydrogens (tertiary/aromatic N) is 2. The molecule has 48 heavy (non-hydrogen) atoms. The summed E-state index contributed by atoms with van der Waals surface area (Å²) in [5.41, 5.74) is 0.531. The van der Waals surface area contributed by atoms with E-state index in [2.05, 4.69) is 39.5 Å². The van der Waals surface area contributed by atoms with Crippen LogP contribution in [-0.4, -0.2) is 97.1 Å². The van der Waals surface area contributed by atoms with Crippen LogP contribution in [0.3, 0.4) is 0 Å². The van der Waals surface area contributed by atoms with Gasteiger partial charge in [0.15, 0.2) is 6.29 Å². The van der Waals surface area contributed by atoms with Gasteiger partial charge in [-0.2, -0.15) is 0 Å². The normalized spacial score (nSPS) is 51.2. The van der Waals surface area contributed by atoms with E-state index in [1.54, 1.807) is 0 Å². The number of carbonyl (C=O) groups excluding carboxylic acids is 2. The third-order valence-electron chi connectivity index (χ3n) is 17.1. The molecule has 0 aromatic carbocycles. The van der Waals surface area contributed by atoms with Crippen LogP contribution in [0.2, 0.25) is 0 Å². The fourth-order valence-corrected chi connectivity index (χ4v) is 14.1. The van der Waals surface area contributed by atoms with Crippen molar-refractivity contribution in [1.82, 2.24) is 9.80 Å². The summed E-state index contributed by atoms with van der Waals surface area (Å²) < 4.78 is 19.9. The largest absolute Gasteiger partial charge is 0.390 e. The Balaban J connectivity index is 0.989. The number of likely N-dealkylation sites (N-methyl/N-ethyl adjacent to an activating group) is 1. The number of aliphatic hydroxyl groups is 1. The first kappa shape index (κ1) is 34.0. The summed E-state index contributed by atoms with van der Waals surface area (Å²) >= 11 is 0. The quantitative estimate of drug-likeness (QED) is 0.333. The van der Waals surface area contributed by atoms with Crippen molar-refractivity contribution in [1.29, 1.82) is 0 Å². The Bertz CT molecular complexity index is 1290. The molecule has 1 amide bonds. The Morgan fingerprint density at radius 3 is 2.52 bits per heavy atom. The van der Waals surface area contributed by atoms with E-state index in [4.69, 9.17) is 14.2 Å². The zero-order valence-electron chi connectivity index (χ0n) is 30.9. The minimum atomic E-state index is -0.468. The number of amides is 1. The van der Waals surface area contributed by atoms with Crippen molar-refractivity contribution in [3.05, 3.63) is 0 Å². The van der Waals surface area contributed by atoms with Gasteiger partial charge in [-0.25, -0.2) is 0 Å². The second-order valence-electron chi connectivity index (χ2n) is 19.4. The Morgan fingerprint density at radius 1 is 1.06 bits per heavy atom. The lowest BCUT2D eigenvalue weighted by atomic mass is 9.41. The van der Waals surface area contributed by atoms with Crippen LogP contribution in [0.1, 0.15) is 112 Å². The second kappa shape index (κ2) is 11.5. The van der Waals surface area contributed by atoms with Crippen LogP contribution < -0.4 is 0 Å². The molecule has 1 N–H and O–H groups in total. The summed E-state index contributed by atoms with van der Waals surface area (Å²) in [4.78, 5) is 28.5. The maximum atomic E-state index is 12.9. The van der Waals surface area contributed by atoms with Gasteiger partial charge in [-0.1, -0.05) is 34.6 Å². The molecule has 6 saturated carbocycles. The molecule has 8 heteroatoms. The summed E-state index contributed by atoms with van der Waals surface area (Å²) in [6.07, 6.45) is 12.7. The first-order chi connectivity index (χ1) is 22.7. The minimum absolute atomic E-state index is 0.0237. The van der Waals surface area contributed by atoms with Crippen molar-refractivity contribution in [2.24, 2.45) is 56.7 Å². The maximum absolute atomic E-state index is 12.9. The van der Waals surface area contributed by atoms with Crippen LogP contribution >= 0.6 is 0 Å². The molecular weight excluding hydrogens is 604 g/mol. The molecule has 6 aliphatic carbocycles. The van der Waals surface area contributed by atoms with E-state index in [1.807, 2.05) is 18.9 Å². The highest BCUT2D eigenvalue weighted by molar-refractivity contribution is 5.76. The smallest absolute Gasteiger partial charge is 0.223 e. The van der Waals surface area contributed by atoms with Gasteiger partial charge in [-0.05, 0) is 129 Å². The average molecular weight is 669 g/mol. The number of ether oxygens (including phenoxy) is 3. The third-order valence-corrected chi connectivity index (χ3v) is 17.1. The minimum Gasteiger partial charge on any atom is -0.390 e. The molecule has 2 heterocycles. The predicted molar refractivity (Wildman–Crippen MR) is 183 cm³/mol. The lowest BCUT2D eigenvalue weighted by Gasteiger charge is -2.64. The molecule has 2 saturated heterocycles. The molecule has 2 spiro atoms. The van der Waals surface area contributed by atoms with E-state index >= 15 is 0 Å². The highest BCUT2D eigenvalue weighted by atomic mass is 16.7. The Hall–Kier alpha value is -1.06. The van der Waals surface area contributed by atoms with E-state index in [0.717, 1.165) is 25.7 Å². The maximum Gasteiger partial charge on any atom is 0.223 e. The topological polar surface area (TPSA) is 88.5 Å². The number of aliphatic hydroxyl groups excluding tert-OH is 1. The lowest BCUT2D eigenvalue weighted by Crippen LogP contribution is -2.60. The van der Waals surface area contributed by atoms with Crippen molar-refractivity contribution in [2.75, 3.05) is 33.3 Å². The molecule has 8 unspecified atom stereocenters. The highest BCUT2D eigenvalue weighted by Crippen LogP contribution is 2.89. The molecule has 8 rings (SSSR count). The monoisotopic (exact) mass is 668 g/mol. The molecule has 8 nitrogen and oxygen atoms in total. The van der Waals surface area contributed by atoms with E-state index < -0.39 is 6.10 Å². The highest BCUT2D eigenvalue weighted by Gasteiger charge is 2.84. The Morgan fingerprint density at radius 2 is 1.79 bits per heavy atom. The van der Waals surface area contributed by atoms with Crippen LogP contribution in [0.4, 0.5) is 0 Å². The summed E-state index contributed by atoms with van der Waals surface area (Å²) in [5.74, 6) is 2.81. The van der Waals surface area contributed by atoms with Crippen LogP contribution in [-0.2, 0) is 23.8 Å². The van der Waals surface area contributed by atoms with Crippen molar-refractivity contribution < 1.29 is 28.9 Å². The van der Waals surface area contributed by atoms with Crippen molar-refractivity contribution in [3.8, 4) is 0 Å². The number of carbonyl (C=O) groups is 2. The van der Waals surface area contributed by atoms with Gasteiger partial charge in [0.05, 0.1) is 43.6 Å². The zero-order chi connectivity index (χ0) is 34.0. The lowest BCUT2D eigenvalue weighted by molar-refractivity contribution is -0.248.